The second-order valence-electron chi connectivity index (χ2n) is 5.36. The van der Waals surface area contributed by atoms with Crippen molar-refractivity contribution in [3.63, 3.8) is 0 Å². The monoisotopic (exact) mass is 271 g/mol. The van der Waals surface area contributed by atoms with Crippen LogP contribution in [-0.2, 0) is 4.79 Å². The van der Waals surface area contributed by atoms with Gasteiger partial charge in [-0.15, -0.1) is 0 Å². The van der Waals surface area contributed by atoms with E-state index in [1.54, 1.807) is 0 Å². The van der Waals surface area contributed by atoms with Crippen LogP contribution in [0.25, 0.3) is 0 Å². The van der Waals surface area contributed by atoms with Crippen LogP contribution in [-0.4, -0.2) is 17.6 Å². The Morgan fingerprint density at radius 2 is 2.10 bits per heavy atom. The third-order valence-electron chi connectivity index (χ3n) is 3.82. The molecule has 3 nitrogen and oxygen atoms in total. The molecule has 2 unspecified atom stereocenters. The van der Waals surface area contributed by atoms with Crippen LogP contribution in [0.1, 0.15) is 38.2 Å². The third kappa shape index (κ3) is 3.85. The lowest BCUT2D eigenvalue weighted by molar-refractivity contribution is -0.120. The van der Waals surface area contributed by atoms with Crippen molar-refractivity contribution >= 4 is 11.6 Å². The molecule has 0 aromatic heterocycles. The summed E-state index contributed by atoms with van der Waals surface area (Å²) in [7, 11) is 0. The highest BCUT2D eigenvalue weighted by molar-refractivity contribution is 5.92. The van der Waals surface area contributed by atoms with Gasteiger partial charge in [0.25, 0.3) is 0 Å². The Morgan fingerprint density at radius 3 is 2.70 bits per heavy atom. The number of anilines is 1. The molecular formula is C17H21NO2. The molecular weight excluding hydrogens is 250 g/mol. The number of benzene rings is 1. The number of hydrogen-bond acceptors (Lipinski definition) is 2. The minimum atomic E-state index is 0.0840. The van der Waals surface area contributed by atoms with E-state index in [1.807, 2.05) is 24.3 Å². The first-order valence-electron chi connectivity index (χ1n) is 7.21. The summed E-state index contributed by atoms with van der Waals surface area (Å²) in [4.78, 5) is 12.2. The standard InChI is InChI=1S/C17H21NO2/c1-13-5-4-7-16(13)17(20)18-15-10-8-14(9-11-15)6-2-3-12-19/h8-11,13,16,19H,3-5,7,12H2,1H3,(H,18,20). The van der Waals surface area contributed by atoms with E-state index in [0.717, 1.165) is 30.5 Å². The Bertz CT molecular complexity index is 510. The summed E-state index contributed by atoms with van der Waals surface area (Å²) >= 11 is 0. The van der Waals surface area contributed by atoms with Crippen LogP contribution in [0.2, 0.25) is 0 Å². The van der Waals surface area contributed by atoms with Gasteiger partial charge in [-0.3, -0.25) is 4.79 Å². The largest absolute Gasteiger partial charge is 0.395 e. The molecule has 106 valence electrons. The van der Waals surface area contributed by atoms with Gasteiger partial charge in [-0.25, -0.2) is 0 Å². The van der Waals surface area contributed by atoms with E-state index in [9.17, 15) is 4.79 Å². The van der Waals surface area contributed by atoms with Gasteiger partial charge in [0.05, 0.1) is 6.61 Å². The highest BCUT2D eigenvalue weighted by Crippen LogP contribution is 2.32. The maximum absolute atomic E-state index is 12.2. The highest BCUT2D eigenvalue weighted by atomic mass is 16.2. The van der Waals surface area contributed by atoms with E-state index in [0.29, 0.717) is 12.3 Å². The molecule has 1 aromatic carbocycles. The Morgan fingerprint density at radius 1 is 1.35 bits per heavy atom. The summed E-state index contributed by atoms with van der Waals surface area (Å²) in [6.45, 7) is 2.23. The summed E-state index contributed by atoms with van der Waals surface area (Å²) in [6, 6.07) is 7.52. The molecule has 1 amide bonds. The summed E-state index contributed by atoms with van der Waals surface area (Å²) in [6.07, 6.45) is 3.78. The summed E-state index contributed by atoms with van der Waals surface area (Å²) in [5.41, 5.74) is 1.72. The molecule has 1 aromatic rings. The number of carbonyl (C=O) groups excluding carboxylic acids is 1. The van der Waals surface area contributed by atoms with Crippen molar-refractivity contribution in [1.29, 1.82) is 0 Å². The van der Waals surface area contributed by atoms with Gasteiger partial charge in [-0.05, 0) is 43.0 Å². The Hall–Kier alpha value is -1.79. The molecule has 0 radical (unpaired) electrons. The molecule has 0 bridgehead atoms. The number of amides is 1. The summed E-state index contributed by atoms with van der Waals surface area (Å²) in [5.74, 6) is 6.61. The zero-order chi connectivity index (χ0) is 14.4. The Kier molecular flexibility index (Phi) is 5.20. The molecule has 2 rings (SSSR count). The van der Waals surface area contributed by atoms with Gasteiger partial charge in [-0.2, -0.15) is 0 Å². The van der Waals surface area contributed by atoms with Crippen molar-refractivity contribution in [2.24, 2.45) is 11.8 Å². The Balaban J connectivity index is 1.94. The van der Waals surface area contributed by atoms with Crippen LogP contribution < -0.4 is 5.32 Å². The topological polar surface area (TPSA) is 49.3 Å². The first-order valence-corrected chi connectivity index (χ1v) is 7.21. The fraction of sp³-hybridized carbons (Fsp3) is 0.471. The van der Waals surface area contributed by atoms with Crippen LogP contribution in [0.5, 0.6) is 0 Å². The predicted octanol–water partition coefficient (Wildman–Crippen LogP) is 2.80. The van der Waals surface area contributed by atoms with Crippen molar-refractivity contribution in [2.45, 2.75) is 32.6 Å². The van der Waals surface area contributed by atoms with Gasteiger partial charge in [0.2, 0.25) is 5.91 Å². The number of nitrogens with one attached hydrogen (secondary N) is 1. The van der Waals surface area contributed by atoms with E-state index in [1.165, 1.54) is 0 Å². The van der Waals surface area contributed by atoms with Crippen molar-refractivity contribution in [1.82, 2.24) is 0 Å². The quantitative estimate of drug-likeness (QED) is 0.831. The highest BCUT2D eigenvalue weighted by Gasteiger charge is 2.29. The maximum Gasteiger partial charge on any atom is 0.227 e. The van der Waals surface area contributed by atoms with Crippen molar-refractivity contribution in [2.75, 3.05) is 11.9 Å². The molecule has 1 aliphatic carbocycles. The van der Waals surface area contributed by atoms with E-state index in [-0.39, 0.29) is 18.4 Å². The Labute approximate surface area is 120 Å². The molecule has 0 heterocycles. The normalized spacial score (nSPS) is 21.1. The van der Waals surface area contributed by atoms with Crippen molar-refractivity contribution in [3.05, 3.63) is 29.8 Å². The van der Waals surface area contributed by atoms with Gasteiger partial charge >= 0.3 is 0 Å². The van der Waals surface area contributed by atoms with Crippen LogP contribution in [0.15, 0.2) is 24.3 Å². The fourth-order valence-electron chi connectivity index (χ4n) is 2.63. The van der Waals surface area contributed by atoms with Gasteiger partial charge in [0.1, 0.15) is 0 Å². The van der Waals surface area contributed by atoms with E-state index < -0.39 is 0 Å². The van der Waals surface area contributed by atoms with Gasteiger partial charge in [0, 0.05) is 23.6 Å². The average molecular weight is 271 g/mol. The zero-order valence-electron chi connectivity index (χ0n) is 11.9. The molecule has 1 saturated carbocycles. The van der Waals surface area contributed by atoms with E-state index >= 15 is 0 Å². The van der Waals surface area contributed by atoms with Crippen molar-refractivity contribution < 1.29 is 9.90 Å². The van der Waals surface area contributed by atoms with E-state index in [4.69, 9.17) is 5.11 Å². The van der Waals surface area contributed by atoms with Crippen LogP contribution in [0, 0.1) is 23.7 Å². The van der Waals surface area contributed by atoms with Crippen LogP contribution in [0.3, 0.4) is 0 Å². The number of aliphatic hydroxyl groups is 1. The molecule has 1 aliphatic rings. The summed E-state index contributed by atoms with van der Waals surface area (Å²) in [5, 5.41) is 11.6. The molecule has 2 atom stereocenters. The molecule has 2 N–H and O–H groups in total. The lowest BCUT2D eigenvalue weighted by Gasteiger charge is -2.15. The fourth-order valence-corrected chi connectivity index (χ4v) is 2.63. The lowest BCUT2D eigenvalue weighted by Crippen LogP contribution is -2.24. The number of aliphatic hydroxyl groups excluding tert-OH is 1. The SMILES string of the molecule is CC1CCCC1C(=O)Nc1ccc(C#CCCO)cc1. The van der Waals surface area contributed by atoms with Crippen molar-refractivity contribution in [3.8, 4) is 11.8 Å². The molecule has 20 heavy (non-hydrogen) atoms. The molecule has 3 heteroatoms. The van der Waals surface area contributed by atoms with Crippen LogP contribution in [0.4, 0.5) is 5.69 Å². The van der Waals surface area contributed by atoms with Gasteiger partial charge in [-0.1, -0.05) is 25.2 Å². The molecule has 0 spiro atoms. The lowest BCUT2D eigenvalue weighted by atomic mass is 9.97. The average Bonchev–Trinajstić information content (AvgIpc) is 2.87. The molecule has 1 fully saturated rings. The zero-order valence-corrected chi connectivity index (χ0v) is 11.9. The molecule has 0 saturated heterocycles. The molecule has 0 aliphatic heterocycles. The third-order valence-corrected chi connectivity index (χ3v) is 3.82. The predicted molar refractivity (Wildman–Crippen MR) is 80.2 cm³/mol. The maximum atomic E-state index is 12.2. The number of hydrogen-bond donors (Lipinski definition) is 2. The minimum absolute atomic E-state index is 0.0840. The van der Waals surface area contributed by atoms with Crippen LogP contribution >= 0.6 is 0 Å². The van der Waals surface area contributed by atoms with Gasteiger partial charge < -0.3 is 10.4 Å². The summed E-state index contributed by atoms with van der Waals surface area (Å²) < 4.78 is 0. The van der Waals surface area contributed by atoms with Gasteiger partial charge in [0.15, 0.2) is 0 Å². The second kappa shape index (κ2) is 7.12. The minimum Gasteiger partial charge on any atom is -0.395 e. The number of carbonyl (C=O) groups is 1. The van der Waals surface area contributed by atoms with E-state index in [2.05, 4.69) is 24.1 Å². The first-order chi connectivity index (χ1) is 9.70. The first kappa shape index (κ1) is 14.6. The number of rotatable bonds is 3. The smallest absolute Gasteiger partial charge is 0.227 e. The second-order valence-corrected chi connectivity index (χ2v) is 5.36.